The molecule has 1 aromatic heterocycles. The third-order valence-electron chi connectivity index (χ3n) is 3.60. The maximum atomic E-state index is 6.44. The van der Waals surface area contributed by atoms with Crippen LogP contribution >= 0.6 is 27.3 Å². The second-order valence-corrected chi connectivity index (χ2v) is 6.91. The number of rotatable bonds is 4. The van der Waals surface area contributed by atoms with Crippen LogP contribution in [0.2, 0.25) is 0 Å². The van der Waals surface area contributed by atoms with Gasteiger partial charge in [0, 0.05) is 14.9 Å². The molecular formula is C15H19BrN2S. The van der Waals surface area contributed by atoms with Crippen molar-refractivity contribution in [2.75, 3.05) is 0 Å². The Morgan fingerprint density at radius 1 is 1.21 bits per heavy atom. The topological polar surface area (TPSA) is 38.9 Å². The van der Waals surface area contributed by atoms with Gasteiger partial charge < -0.3 is 5.73 Å². The smallest absolute Gasteiger partial charge is 0.113 e. The van der Waals surface area contributed by atoms with Crippen LogP contribution in [0.25, 0.3) is 11.3 Å². The van der Waals surface area contributed by atoms with Gasteiger partial charge in [-0.2, -0.15) is 0 Å². The summed E-state index contributed by atoms with van der Waals surface area (Å²) in [7, 11) is 0. The van der Waals surface area contributed by atoms with Gasteiger partial charge in [-0.15, -0.1) is 11.3 Å². The van der Waals surface area contributed by atoms with E-state index in [1.54, 1.807) is 11.3 Å². The zero-order valence-corrected chi connectivity index (χ0v) is 13.9. The molecule has 2 nitrogen and oxygen atoms in total. The van der Waals surface area contributed by atoms with E-state index < -0.39 is 0 Å². The second-order valence-electron chi connectivity index (χ2n) is 4.79. The summed E-state index contributed by atoms with van der Waals surface area (Å²) in [5.74, 6) is 0. The molecule has 4 heteroatoms. The summed E-state index contributed by atoms with van der Waals surface area (Å²) < 4.78 is 1.08. The zero-order valence-electron chi connectivity index (χ0n) is 11.5. The first-order valence-corrected chi connectivity index (χ1v) is 8.14. The summed E-state index contributed by atoms with van der Waals surface area (Å²) >= 11 is 5.18. The molecule has 1 heterocycles. The molecule has 0 atom stereocenters. The van der Waals surface area contributed by atoms with Crippen molar-refractivity contribution in [3.63, 3.8) is 0 Å². The standard InChI is InChI=1S/C15H19BrN2S/c1-4-15(17,5-2)14-18-13(10(3)19-14)11-6-8-12(16)9-7-11/h6-9H,4-5,17H2,1-3H3. The Balaban J connectivity index is 2.44. The van der Waals surface area contributed by atoms with Gasteiger partial charge in [0.1, 0.15) is 5.01 Å². The lowest BCUT2D eigenvalue weighted by molar-refractivity contribution is 0.411. The fourth-order valence-electron chi connectivity index (χ4n) is 2.04. The molecule has 0 amide bonds. The molecule has 19 heavy (non-hydrogen) atoms. The van der Waals surface area contributed by atoms with Gasteiger partial charge in [-0.1, -0.05) is 41.9 Å². The van der Waals surface area contributed by atoms with Gasteiger partial charge in [-0.05, 0) is 31.9 Å². The maximum Gasteiger partial charge on any atom is 0.113 e. The normalized spacial score (nSPS) is 11.8. The summed E-state index contributed by atoms with van der Waals surface area (Å²) in [5.41, 5.74) is 8.36. The van der Waals surface area contributed by atoms with Crippen LogP contribution in [0.5, 0.6) is 0 Å². The van der Waals surface area contributed by atoms with Crippen LogP contribution < -0.4 is 5.73 Å². The first-order valence-electron chi connectivity index (χ1n) is 6.53. The maximum absolute atomic E-state index is 6.44. The van der Waals surface area contributed by atoms with Gasteiger partial charge in [0.2, 0.25) is 0 Å². The molecule has 102 valence electrons. The van der Waals surface area contributed by atoms with Crippen LogP contribution in [-0.4, -0.2) is 4.98 Å². The van der Waals surface area contributed by atoms with E-state index in [4.69, 9.17) is 10.7 Å². The lowest BCUT2D eigenvalue weighted by Gasteiger charge is -2.23. The minimum Gasteiger partial charge on any atom is -0.319 e. The van der Waals surface area contributed by atoms with E-state index in [1.807, 2.05) is 12.1 Å². The largest absolute Gasteiger partial charge is 0.319 e. The van der Waals surface area contributed by atoms with Gasteiger partial charge >= 0.3 is 0 Å². The Hall–Kier alpha value is -0.710. The van der Waals surface area contributed by atoms with Crippen molar-refractivity contribution in [3.05, 3.63) is 38.6 Å². The molecule has 0 aliphatic heterocycles. The van der Waals surface area contributed by atoms with Gasteiger partial charge in [-0.3, -0.25) is 0 Å². The lowest BCUT2D eigenvalue weighted by Crippen LogP contribution is -2.34. The van der Waals surface area contributed by atoms with E-state index in [1.165, 1.54) is 4.88 Å². The number of halogens is 1. The van der Waals surface area contributed by atoms with Crippen LogP contribution in [0.3, 0.4) is 0 Å². The van der Waals surface area contributed by atoms with Gasteiger partial charge in [0.05, 0.1) is 11.2 Å². The Kier molecular flexibility index (Phi) is 4.43. The highest BCUT2D eigenvalue weighted by Gasteiger charge is 2.27. The number of thiazole rings is 1. The van der Waals surface area contributed by atoms with E-state index in [2.05, 4.69) is 48.8 Å². The van der Waals surface area contributed by atoms with Crippen molar-refractivity contribution >= 4 is 27.3 Å². The van der Waals surface area contributed by atoms with E-state index >= 15 is 0 Å². The molecular weight excluding hydrogens is 320 g/mol. The van der Waals surface area contributed by atoms with Crippen LogP contribution in [-0.2, 0) is 5.54 Å². The Morgan fingerprint density at radius 2 is 1.79 bits per heavy atom. The van der Waals surface area contributed by atoms with Crippen molar-refractivity contribution in [1.82, 2.24) is 4.98 Å². The lowest BCUT2D eigenvalue weighted by atomic mass is 9.95. The summed E-state index contributed by atoms with van der Waals surface area (Å²) in [6.07, 6.45) is 1.83. The van der Waals surface area contributed by atoms with Gasteiger partial charge in [0.25, 0.3) is 0 Å². The number of benzene rings is 1. The minimum absolute atomic E-state index is 0.289. The fourth-order valence-corrected chi connectivity index (χ4v) is 3.48. The molecule has 2 N–H and O–H groups in total. The molecule has 0 radical (unpaired) electrons. The van der Waals surface area contributed by atoms with E-state index in [-0.39, 0.29) is 5.54 Å². The molecule has 0 aliphatic carbocycles. The van der Waals surface area contributed by atoms with E-state index in [0.717, 1.165) is 33.6 Å². The predicted octanol–water partition coefficient (Wildman–Crippen LogP) is 4.86. The second kappa shape index (κ2) is 5.73. The molecule has 0 spiro atoms. The van der Waals surface area contributed by atoms with Crippen molar-refractivity contribution in [1.29, 1.82) is 0 Å². The summed E-state index contributed by atoms with van der Waals surface area (Å²) in [6, 6.07) is 8.27. The van der Waals surface area contributed by atoms with Crippen LogP contribution in [0.4, 0.5) is 0 Å². The molecule has 0 fully saturated rings. The van der Waals surface area contributed by atoms with Crippen molar-refractivity contribution in [3.8, 4) is 11.3 Å². The Morgan fingerprint density at radius 3 is 2.32 bits per heavy atom. The third kappa shape index (κ3) is 2.91. The minimum atomic E-state index is -0.289. The summed E-state index contributed by atoms with van der Waals surface area (Å²) in [5, 5.41) is 1.05. The first kappa shape index (κ1) is 14.7. The third-order valence-corrected chi connectivity index (χ3v) is 5.32. The molecule has 0 unspecified atom stereocenters. The number of hydrogen-bond acceptors (Lipinski definition) is 3. The predicted molar refractivity (Wildman–Crippen MR) is 86.4 cm³/mol. The highest BCUT2D eigenvalue weighted by Crippen LogP contribution is 2.35. The molecule has 0 bridgehead atoms. The van der Waals surface area contributed by atoms with Crippen LogP contribution in [0.15, 0.2) is 28.7 Å². The molecule has 0 saturated heterocycles. The monoisotopic (exact) mass is 338 g/mol. The Labute approximate surface area is 127 Å². The SMILES string of the molecule is CCC(N)(CC)c1nc(-c2ccc(Br)cc2)c(C)s1. The average Bonchev–Trinajstić information content (AvgIpc) is 2.81. The quantitative estimate of drug-likeness (QED) is 0.864. The van der Waals surface area contributed by atoms with E-state index in [9.17, 15) is 0 Å². The number of nitrogens with two attached hydrogens (primary N) is 1. The van der Waals surface area contributed by atoms with Crippen molar-refractivity contribution < 1.29 is 0 Å². The van der Waals surface area contributed by atoms with Crippen molar-refractivity contribution in [2.45, 2.75) is 39.2 Å². The van der Waals surface area contributed by atoms with E-state index in [0.29, 0.717) is 0 Å². The summed E-state index contributed by atoms with van der Waals surface area (Å²) in [4.78, 5) is 6.03. The number of aromatic nitrogens is 1. The van der Waals surface area contributed by atoms with Crippen LogP contribution in [0.1, 0.15) is 36.6 Å². The van der Waals surface area contributed by atoms with Gasteiger partial charge in [0.15, 0.2) is 0 Å². The summed E-state index contributed by atoms with van der Waals surface area (Å²) in [6.45, 7) is 6.36. The van der Waals surface area contributed by atoms with Gasteiger partial charge in [-0.25, -0.2) is 4.98 Å². The molecule has 0 aliphatic rings. The molecule has 0 saturated carbocycles. The van der Waals surface area contributed by atoms with Crippen LogP contribution in [0, 0.1) is 6.92 Å². The Bertz CT molecular complexity index is 556. The highest BCUT2D eigenvalue weighted by atomic mass is 79.9. The fraction of sp³-hybridized carbons (Fsp3) is 0.400. The number of nitrogens with zero attached hydrogens (tertiary/aromatic N) is 1. The zero-order chi connectivity index (χ0) is 14.0. The first-order chi connectivity index (χ1) is 9.00. The molecule has 1 aromatic carbocycles. The molecule has 2 aromatic rings. The average molecular weight is 339 g/mol. The molecule has 2 rings (SSSR count). The van der Waals surface area contributed by atoms with Crippen molar-refractivity contribution in [2.24, 2.45) is 5.73 Å². The highest BCUT2D eigenvalue weighted by molar-refractivity contribution is 9.10. The number of aryl methyl sites for hydroxylation is 1. The number of hydrogen-bond donors (Lipinski definition) is 1.